The Bertz CT molecular complexity index is 449. The quantitative estimate of drug-likeness (QED) is 0.674. The first kappa shape index (κ1) is 10.9. The summed E-state index contributed by atoms with van der Waals surface area (Å²) in [5.41, 5.74) is -0.738. The second-order valence-electron chi connectivity index (χ2n) is 4.20. The van der Waals surface area contributed by atoms with E-state index in [2.05, 4.69) is 10.3 Å². The molecule has 0 spiro atoms. The summed E-state index contributed by atoms with van der Waals surface area (Å²) in [6.07, 6.45) is 3.87. The first-order chi connectivity index (χ1) is 7.59. The van der Waals surface area contributed by atoms with E-state index in [0.717, 1.165) is 19.3 Å². The van der Waals surface area contributed by atoms with Gasteiger partial charge in [0.25, 0.3) is 5.91 Å². The number of nitrogens with one attached hydrogen (secondary N) is 2. The van der Waals surface area contributed by atoms with Crippen LogP contribution in [0, 0.1) is 0 Å². The summed E-state index contributed by atoms with van der Waals surface area (Å²) in [4.78, 5) is 25.0. The maximum Gasteiger partial charge on any atom is 0.251 e. The number of hydrogen-bond acceptors (Lipinski definition) is 3. The highest BCUT2D eigenvalue weighted by Crippen LogP contribution is 2.30. The Kier molecular flexibility index (Phi) is 2.78. The van der Waals surface area contributed by atoms with E-state index >= 15 is 0 Å². The van der Waals surface area contributed by atoms with Crippen molar-refractivity contribution in [2.24, 2.45) is 0 Å². The van der Waals surface area contributed by atoms with E-state index in [1.165, 1.54) is 18.3 Å². The number of carbonyl (C=O) groups excluding carboxylic acids is 1. The van der Waals surface area contributed by atoms with E-state index in [1.54, 1.807) is 0 Å². The molecular weight excluding hydrogens is 208 g/mol. The molecule has 5 heteroatoms. The summed E-state index contributed by atoms with van der Waals surface area (Å²) in [6.45, 7) is 0.249. The van der Waals surface area contributed by atoms with Gasteiger partial charge in [-0.15, -0.1) is 0 Å². The smallest absolute Gasteiger partial charge is 0.251 e. The normalized spacial score (nSPS) is 17.6. The van der Waals surface area contributed by atoms with Gasteiger partial charge < -0.3 is 15.4 Å². The molecule has 1 amide bonds. The summed E-state index contributed by atoms with van der Waals surface area (Å²) in [6, 6.07) is 2.77. The van der Waals surface area contributed by atoms with Crippen LogP contribution in [0.1, 0.15) is 29.6 Å². The maximum absolute atomic E-state index is 11.6. The Morgan fingerprint density at radius 3 is 2.88 bits per heavy atom. The minimum Gasteiger partial charge on any atom is -0.388 e. The molecule has 1 aliphatic carbocycles. The van der Waals surface area contributed by atoms with Gasteiger partial charge in [-0.05, 0) is 25.3 Å². The fraction of sp³-hybridized carbons (Fsp3) is 0.455. The number of pyridine rings is 1. The number of aromatic nitrogens is 1. The Morgan fingerprint density at radius 1 is 1.56 bits per heavy atom. The molecule has 1 aliphatic rings. The lowest BCUT2D eigenvalue weighted by molar-refractivity contribution is -0.0300. The molecule has 1 aromatic heterocycles. The predicted octanol–water partition coefficient (Wildman–Crippen LogP) is 0.0197. The van der Waals surface area contributed by atoms with Crippen LogP contribution in [-0.4, -0.2) is 28.1 Å². The van der Waals surface area contributed by atoms with Crippen LogP contribution in [0.5, 0.6) is 0 Å². The van der Waals surface area contributed by atoms with Crippen LogP contribution < -0.4 is 10.9 Å². The number of amides is 1. The van der Waals surface area contributed by atoms with E-state index in [1.807, 2.05) is 0 Å². The van der Waals surface area contributed by atoms with Crippen molar-refractivity contribution < 1.29 is 9.90 Å². The second kappa shape index (κ2) is 4.09. The Morgan fingerprint density at radius 2 is 2.31 bits per heavy atom. The van der Waals surface area contributed by atoms with Crippen LogP contribution >= 0.6 is 0 Å². The lowest BCUT2D eigenvalue weighted by Crippen LogP contribution is -2.47. The molecule has 5 nitrogen and oxygen atoms in total. The lowest BCUT2D eigenvalue weighted by atomic mass is 9.80. The van der Waals surface area contributed by atoms with Crippen LogP contribution in [0.15, 0.2) is 23.1 Å². The van der Waals surface area contributed by atoms with Gasteiger partial charge in [0.15, 0.2) is 0 Å². The van der Waals surface area contributed by atoms with Crippen molar-refractivity contribution in [3.63, 3.8) is 0 Å². The standard InChI is InChI=1S/C11H14N2O3/c14-9-6-8(2-5-12-9)10(15)13-7-11(16)3-1-4-11/h2,5-6,16H,1,3-4,7H2,(H,12,14)(H,13,15). The van der Waals surface area contributed by atoms with E-state index < -0.39 is 5.60 Å². The fourth-order valence-electron chi connectivity index (χ4n) is 1.69. The van der Waals surface area contributed by atoms with Crippen molar-refractivity contribution >= 4 is 5.91 Å². The summed E-state index contributed by atoms with van der Waals surface area (Å²) in [5.74, 6) is -0.327. The Hall–Kier alpha value is -1.62. The molecule has 16 heavy (non-hydrogen) atoms. The monoisotopic (exact) mass is 222 g/mol. The van der Waals surface area contributed by atoms with Crippen LogP contribution in [0.4, 0.5) is 0 Å². The SMILES string of the molecule is O=C(NCC1(O)CCC1)c1cc[nH]c(=O)c1. The number of carbonyl (C=O) groups is 1. The van der Waals surface area contributed by atoms with Crippen LogP contribution in [-0.2, 0) is 0 Å². The molecule has 1 heterocycles. The minimum absolute atomic E-state index is 0.249. The predicted molar refractivity (Wildman–Crippen MR) is 58.2 cm³/mol. The zero-order valence-electron chi connectivity index (χ0n) is 8.82. The molecule has 3 N–H and O–H groups in total. The molecule has 2 rings (SSSR count). The zero-order chi connectivity index (χ0) is 11.6. The van der Waals surface area contributed by atoms with Gasteiger partial charge in [-0.2, -0.15) is 0 Å². The van der Waals surface area contributed by atoms with Crippen LogP contribution in [0.2, 0.25) is 0 Å². The Labute approximate surface area is 92.5 Å². The Balaban J connectivity index is 1.95. The molecular formula is C11H14N2O3. The third-order valence-corrected chi connectivity index (χ3v) is 2.90. The zero-order valence-corrected chi connectivity index (χ0v) is 8.82. The fourth-order valence-corrected chi connectivity index (χ4v) is 1.69. The van der Waals surface area contributed by atoms with E-state index in [4.69, 9.17) is 0 Å². The van der Waals surface area contributed by atoms with Crippen LogP contribution in [0.3, 0.4) is 0 Å². The minimum atomic E-state index is -0.739. The summed E-state index contributed by atoms with van der Waals surface area (Å²) in [7, 11) is 0. The topological polar surface area (TPSA) is 82.2 Å². The first-order valence-corrected chi connectivity index (χ1v) is 5.28. The number of H-pyrrole nitrogens is 1. The average Bonchev–Trinajstić information content (AvgIpc) is 2.23. The van der Waals surface area contributed by atoms with Crippen molar-refractivity contribution in [2.75, 3.05) is 6.54 Å². The molecule has 0 bridgehead atoms. The van der Waals surface area contributed by atoms with Crippen molar-refractivity contribution in [3.8, 4) is 0 Å². The maximum atomic E-state index is 11.6. The van der Waals surface area contributed by atoms with Gasteiger partial charge in [0.05, 0.1) is 5.60 Å². The highest BCUT2D eigenvalue weighted by atomic mass is 16.3. The molecule has 1 saturated carbocycles. The van der Waals surface area contributed by atoms with Crippen molar-refractivity contribution in [2.45, 2.75) is 24.9 Å². The van der Waals surface area contributed by atoms with Gasteiger partial charge >= 0.3 is 0 Å². The number of hydrogen-bond donors (Lipinski definition) is 3. The third kappa shape index (κ3) is 2.30. The molecule has 0 atom stereocenters. The van der Waals surface area contributed by atoms with E-state index in [9.17, 15) is 14.7 Å². The molecule has 0 aromatic carbocycles. The second-order valence-corrected chi connectivity index (χ2v) is 4.20. The average molecular weight is 222 g/mol. The van der Waals surface area contributed by atoms with Gasteiger partial charge in [-0.3, -0.25) is 9.59 Å². The van der Waals surface area contributed by atoms with E-state index in [-0.39, 0.29) is 18.0 Å². The molecule has 1 fully saturated rings. The first-order valence-electron chi connectivity index (χ1n) is 5.28. The van der Waals surface area contributed by atoms with Crippen LogP contribution in [0.25, 0.3) is 0 Å². The summed E-state index contributed by atoms with van der Waals surface area (Å²) in [5, 5.41) is 12.4. The summed E-state index contributed by atoms with van der Waals surface area (Å²) >= 11 is 0. The van der Waals surface area contributed by atoms with Gasteiger partial charge in [0, 0.05) is 24.4 Å². The van der Waals surface area contributed by atoms with Crippen molar-refractivity contribution in [1.82, 2.24) is 10.3 Å². The molecule has 0 radical (unpaired) electrons. The molecule has 0 unspecified atom stereocenters. The number of aliphatic hydroxyl groups is 1. The third-order valence-electron chi connectivity index (χ3n) is 2.90. The highest BCUT2D eigenvalue weighted by molar-refractivity contribution is 5.93. The van der Waals surface area contributed by atoms with Gasteiger partial charge in [-0.25, -0.2) is 0 Å². The van der Waals surface area contributed by atoms with Gasteiger partial charge in [0.1, 0.15) is 0 Å². The van der Waals surface area contributed by atoms with Gasteiger partial charge in [0.2, 0.25) is 5.56 Å². The van der Waals surface area contributed by atoms with Crippen molar-refractivity contribution in [3.05, 3.63) is 34.2 Å². The number of rotatable bonds is 3. The number of aromatic amines is 1. The molecule has 0 aliphatic heterocycles. The lowest BCUT2D eigenvalue weighted by Gasteiger charge is -2.36. The summed E-state index contributed by atoms with van der Waals surface area (Å²) < 4.78 is 0. The van der Waals surface area contributed by atoms with Crippen molar-refractivity contribution in [1.29, 1.82) is 0 Å². The molecule has 1 aromatic rings. The highest BCUT2D eigenvalue weighted by Gasteiger charge is 2.34. The largest absolute Gasteiger partial charge is 0.388 e. The molecule has 0 saturated heterocycles. The van der Waals surface area contributed by atoms with E-state index in [0.29, 0.717) is 5.56 Å². The van der Waals surface area contributed by atoms with Gasteiger partial charge in [-0.1, -0.05) is 0 Å². The molecule has 86 valence electrons.